The van der Waals surface area contributed by atoms with Crippen LogP contribution in [0.15, 0.2) is 23.3 Å². The van der Waals surface area contributed by atoms with Gasteiger partial charge in [0.1, 0.15) is 23.6 Å². The molecule has 0 fully saturated rings. The fourth-order valence-electron chi connectivity index (χ4n) is 1.20. The summed E-state index contributed by atoms with van der Waals surface area (Å²) >= 11 is 0. The second-order valence-electron chi connectivity index (χ2n) is 3.16. The minimum Gasteiger partial charge on any atom is -0.494 e. The summed E-state index contributed by atoms with van der Waals surface area (Å²) in [6, 6.07) is 7.21. The number of anilines is 1. The van der Waals surface area contributed by atoms with Gasteiger partial charge in [-0.05, 0) is 19.1 Å². The van der Waals surface area contributed by atoms with Crippen LogP contribution in [0.4, 0.5) is 11.4 Å². The molecule has 0 aliphatic carbocycles. The van der Waals surface area contributed by atoms with Crippen LogP contribution in [-0.2, 0) is 0 Å². The number of nitriles is 2. The zero-order valence-corrected chi connectivity index (χ0v) is 9.95. The average Bonchev–Trinajstić information content (AvgIpc) is 2.41. The second-order valence-corrected chi connectivity index (χ2v) is 3.16. The fourth-order valence-corrected chi connectivity index (χ4v) is 1.20. The van der Waals surface area contributed by atoms with Gasteiger partial charge >= 0.3 is 0 Å². The highest BCUT2D eigenvalue weighted by atomic mass is 16.6. The summed E-state index contributed by atoms with van der Waals surface area (Å²) < 4.78 is 5.15. The van der Waals surface area contributed by atoms with Crippen LogP contribution in [-0.4, -0.2) is 17.2 Å². The van der Waals surface area contributed by atoms with Crippen LogP contribution in [0.5, 0.6) is 5.75 Å². The molecule has 19 heavy (non-hydrogen) atoms. The molecule has 0 heterocycles. The van der Waals surface area contributed by atoms with E-state index in [4.69, 9.17) is 15.3 Å². The van der Waals surface area contributed by atoms with E-state index in [2.05, 4.69) is 10.5 Å². The van der Waals surface area contributed by atoms with Crippen molar-refractivity contribution in [2.24, 2.45) is 5.10 Å². The number of benzene rings is 1. The predicted molar refractivity (Wildman–Crippen MR) is 66.5 cm³/mol. The van der Waals surface area contributed by atoms with E-state index in [0.29, 0.717) is 12.4 Å². The first-order chi connectivity index (χ1) is 9.12. The summed E-state index contributed by atoms with van der Waals surface area (Å²) in [7, 11) is 0. The molecule has 0 saturated heterocycles. The summed E-state index contributed by atoms with van der Waals surface area (Å²) in [5.74, 6) is 0.351. The Balaban J connectivity index is 3.08. The Morgan fingerprint density at radius 2 is 2.21 bits per heavy atom. The number of rotatable bonds is 5. The minimum absolute atomic E-state index is 0.0662. The van der Waals surface area contributed by atoms with Crippen LogP contribution in [0.3, 0.4) is 0 Å². The Morgan fingerprint density at radius 3 is 2.74 bits per heavy atom. The van der Waals surface area contributed by atoms with Gasteiger partial charge in [-0.2, -0.15) is 15.6 Å². The lowest BCUT2D eigenvalue weighted by Gasteiger charge is -2.05. The quantitative estimate of drug-likeness (QED) is 0.488. The molecule has 0 unspecified atom stereocenters. The third-order valence-corrected chi connectivity index (χ3v) is 1.98. The summed E-state index contributed by atoms with van der Waals surface area (Å²) in [4.78, 5) is 10.3. The molecule has 8 nitrogen and oxygen atoms in total. The van der Waals surface area contributed by atoms with Crippen molar-refractivity contribution in [1.29, 1.82) is 10.5 Å². The van der Waals surface area contributed by atoms with Crippen molar-refractivity contribution in [3.8, 4) is 17.9 Å². The minimum atomic E-state index is -0.612. The summed E-state index contributed by atoms with van der Waals surface area (Å²) in [6.45, 7) is 2.14. The molecule has 0 bridgehead atoms. The van der Waals surface area contributed by atoms with E-state index in [1.165, 1.54) is 30.3 Å². The maximum Gasteiger partial charge on any atom is 0.297 e. The number of nitrogens with zero attached hydrogens (tertiary/aromatic N) is 4. The van der Waals surface area contributed by atoms with Crippen LogP contribution in [0.25, 0.3) is 0 Å². The van der Waals surface area contributed by atoms with Gasteiger partial charge in [0.25, 0.3) is 5.69 Å². The lowest BCUT2D eigenvalue weighted by molar-refractivity contribution is -0.384. The molecule has 0 radical (unpaired) electrons. The normalized spacial score (nSPS) is 8.79. The molecule has 0 amide bonds. The van der Waals surface area contributed by atoms with Gasteiger partial charge in [0.2, 0.25) is 5.71 Å². The largest absolute Gasteiger partial charge is 0.494 e. The van der Waals surface area contributed by atoms with Gasteiger partial charge in [-0.15, -0.1) is 0 Å². The third-order valence-electron chi connectivity index (χ3n) is 1.98. The van der Waals surface area contributed by atoms with E-state index < -0.39 is 10.6 Å². The SMILES string of the molecule is CCOc1ccc(NN=C(C#N)C#N)c([N+](=O)[O-])c1. The van der Waals surface area contributed by atoms with E-state index in [0.717, 1.165) is 0 Å². The summed E-state index contributed by atoms with van der Waals surface area (Å²) in [5, 5.41) is 31.3. The van der Waals surface area contributed by atoms with Crippen molar-refractivity contribution in [3.05, 3.63) is 28.3 Å². The van der Waals surface area contributed by atoms with E-state index >= 15 is 0 Å². The van der Waals surface area contributed by atoms with Crippen LogP contribution >= 0.6 is 0 Å². The molecule has 0 atom stereocenters. The average molecular weight is 259 g/mol. The Morgan fingerprint density at radius 1 is 1.53 bits per heavy atom. The Bertz CT molecular complexity index is 581. The lowest BCUT2D eigenvalue weighted by atomic mass is 10.2. The topological polar surface area (TPSA) is 124 Å². The van der Waals surface area contributed by atoms with Gasteiger partial charge in [-0.1, -0.05) is 0 Å². The smallest absolute Gasteiger partial charge is 0.297 e. The maximum atomic E-state index is 10.9. The predicted octanol–water partition coefficient (Wildman–Crippen LogP) is 1.81. The zero-order valence-electron chi connectivity index (χ0n) is 9.95. The molecular formula is C11H9N5O3. The number of nitro groups is 1. The van der Waals surface area contributed by atoms with Gasteiger partial charge in [0.15, 0.2) is 0 Å². The number of ether oxygens (including phenoxy) is 1. The highest BCUT2D eigenvalue weighted by Crippen LogP contribution is 2.29. The van der Waals surface area contributed by atoms with Crippen molar-refractivity contribution in [3.63, 3.8) is 0 Å². The van der Waals surface area contributed by atoms with E-state index in [1.807, 2.05) is 0 Å². The molecule has 0 spiro atoms. The van der Waals surface area contributed by atoms with Crippen LogP contribution in [0.2, 0.25) is 0 Å². The van der Waals surface area contributed by atoms with Gasteiger partial charge in [0, 0.05) is 0 Å². The molecule has 0 aliphatic rings. The van der Waals surface area contributed by atoms with E-state index in [9.17, 15) is 10.1 Å². The molecule has 0 saturated carbocycles. The molecule has 1 aromatic rings. The number of nitrogens with one attached hydrogen (secondary N) is 1. The number of nitro benzene ring substituents is 1. The fraction of sp³-hybridized carbons (Fsp3) is 0.182. The maximum absolute atomic E-state index is 10.9. The molecule has 96 valence electrons. The van der Waals surface area contributed by atoms with Gasteiger partial charge in [0.05, 0.1) is 17.6 Å². The first-order valence-electron chi connectivity index (χ1n) is 5.17. The van der Waals surface area contributed by atoms with E-state index in [-0.39, 0.29) is 11.4 Å². The number of hydrogen-bond donors (Lipinski definition) is 1. The van der Waals surface area contributed by atoms with Gasteiger partial charge in [-0.25, -0.2) is 0 Å². The van der Waals surface area contributed by atoms with Crippen LogP contribution in [0.1, 0.15) is 6.92 Å². The monoisotopic (exact) mass is 259 g/mol. The molecule has 1 N–H and O–H groups in total. The second kappa shape index (κ2) is 6.57. The van der Waals surface area contributed by atoms with Crippen molar-refractivity contribution >= 4 is 17.1 Å². The van der Waals surface area contributed by atoms with Crippen molar-refractivity contribution < 1.29 is 9.66 Å². The van der Waals surface area contributed by atoms with Crippen molar-refractivity contribution in [1.82, 2.24) is 0 Å². The number of hydrazone groups is 1. The molecule has 8 heteroatoms. The molecular weight excluding hydrogens is 250 g/mol. The van der Waals surface area contributed by atoms with Crippen LogP contribution < -0.4 is 10.2 Å². The van der Waals surface area contributed by atoms with Crippen LogP contribution in [0, 0.1) is 32.8 Å². The molecule has 0 aromatic heterocycles. The zero-order chi connectivity index (χ0) is 14.3. The van der Waals surface area contributed by atoms with Gasteiger partial charge in [-0.3, -0.25) is 15.5 Å². The van der Waals surface area contributed by atoms with Gasteiger partial charge < -0.3 is 4.74 Å². The molecule has 1 aromatic carbocycles. The first-order valence-corrected chi connectivity index (χ1v) is 5.17. The summed E-state index contributed by atoms with van der Waals surface area (Å²) in [6.07, 6.45) is 0. The Labute approximate surface area is 108 Å². The van der Waals surface area contributed by atoms with Crippen molar-refractivity contribution in [2.75, 3.05) is 12.0 Å². The first kappa shape index (κ1) is 13.9. The third kappa shape index (κ3) is 3.68. The standard InChI is InChI=1S/C11H9N5O3/c1-2-19-9-3-4-10(11(5-9)16(17)18)15-14-8(6-12)7-13/h3-5,15H,2H2,1H3. The summed E-state index contributed by atoms with van der Waals surface area (Å²) in [5.41, 5.74) is 1.69. The molecule has 0 aliphatic heterocycles. The number of hydrogen-bond acceptors (Lipinski definition) is 7. The highest BCUT2D eigenvalue weighted by molar-refractivity contribution is 6.10. The Hall–Kier alpha value is -3.13. The van der Waals surface area contributed by atoms with E-state index in [1.54, 1.807) is 6.92 Å². The van der Waals surface area contributed by atoms with Crippen molar-refractivity contribution in [2.45, 2.75) is 6.92 Å². The highest BCUT2D eigenvalue weighted by Gasteiger charge is 2.15. The molecule has 1 rings (SSSR count). The lowest BCUT2D eigenvalue weighted by Crippen LogP contribution is -2.01. The Kier molecular flexibility index (Phi) is 4.82.